The summed E-state index contributed by atoms with van der Waals surface area (Å²) in [4.78, 5) is 29.5. The van der Waals surface area contributed by atoms with Gasteiger partial charge in [-0.15, -0.1) is 0 Å². The smallest absolute Gasteiger partial charge is 0.407 e. The molecule has 0 spiro atoms. The molecule has 7 heteroatoms. The first-order chi connectivity index (χ1) is 11.3. The zero-order valence-corrected chi connectivity index (χ0v) is 14.4. The summed E-state index contributed by atoms with van der Waals surface area (Å²) in [6.07, 6.45) is 3.87. The number of nitrogens with one attached hydrogen (secondary N) is 1. The maximum atomic E-state index is 12.2. The Labute approximate surface area is 142 Å². The Balaban J connectivity index is 1.68. The zero-order valence-electron chi connectivity index (χ0n) is 14.4. The van der Waals surface area contributed by atoms with Crippen LogP contribution in [0.25, 0.3) is 0 Å². The number of nitrogens with zero attached hydrogens (tertiary/aromatic N) is 2. The van der Waals surface area contributed by atoms with Crippen molar-refractivity contribution in [2.45, 2.75) is 45.3 Å². The van der Waals surface area contributed by atoms with Gasteiger partial charge in [-0.1, -0.05) is 0 Å². The van der Waals surface area contributed by atoms with Crippen LogP contribution in [-0.4, -0.2) is 53.2 Å². The monoisotopic (exact) mass is 335 g/mol. The summed E-state index contributed by atoms with van der Waals surface area (Å²) in [5.74, 6) is 0.715. The van der Waals surface area contributed by atoms with E-state index in [1.165, 1.54) is 0 Å². The highest BCUT2D eigenvalue weighted by molar-refractivity contribution is 5.77. The van der Waals surface area contributed by atoms with E-state index in [4.69, 9.17) is 9.47 Å². The molecule has 1 fully saturated rings. The van der Waals surface area contributed by atoms with Crippen LogP contribution in [0.5, 0.6) is 5.75 Å². The van der Waals surface area contributed by atoms with Crippen molar-refractivity contribution in [3.63, 3.8) is 0 Å². The lowest BCUT2D eigenvalue weighted by Gasteiger charge is -2.20. The predicted molar refractivity (Wildman–Crippen MR) is 88.7 cm³/mol. The number of aromatic nitrogens is 1. The lowest BCUT2D eigenvalue weighted by molar-refractivity contribution is -0.130. The lowest BCUT2D eigenvalue weighted by Crippen LogP contribution is -2.36. The molecule has 1 N–H and O–H groups in total. The summed E-state index contributed by atoms with van der Waals surface area (Å²) < 4.78 is 10.9. The summed E-state index contributed by atoms with van der Waals surface area (Å²) in [6.45, 7) is 6.87. The molecular formula is C17H25N3O4. The Morgan fingerprint density at radius 2 is 2.21 bits per heavy atom. The van der Waals surface area contributed by atoms with E-state index in [1.807, 2.05) is 12.1 Å². The molecule has 2 amide bonds. The minimum atomic E-state index is -0.542. The van der Waals surface area contributed by atoms with Gasteiger partial charge in [-0.05, 0) is 32.9 Å². The SMILES string of the molecule is CC(C)(C)OC(=O)NCCC(=O)N1CC[C@H](Oc2cccnc2)C1. The van der Waals surface area contributed by atoms with E-state index in [9.17, 15) is 9.59 Å². The van der Waals surface area contributed by atoms with Crippen molar-refractivity contribution in [2.24, 2.45) is 0 Å². The van der Waals surface area contributed by atoms with E-state index >= 15 is 0 Å². The molecule has 1 aromatic rings. The standard InChI is InChI=1S/C17H25N3O4/c1-17(2,3)24-16(22)19-9-6-15(21)20-10-7-14(12-20)23-13-5-4-8-18-11-13/h4-5,8,11,14H,6-7,9-10,12H2,1-3H3,(H,19,22)/t14-/m0/s1. The summed E-state index contributed by atoms with van der Waals surface area (Å²) in [5.41, 5.74) is -0.542. The summed E-state index contributed by atoms with van der Waals surface area (Å²) >= 11 is 0. The van der Waals surface area contributed by atoms with Crippen molar-refractivity contribution in [3.05, 3.63) is 24.5 Å². The predicted octanol–water partition coefficient (Wildman–Crippen LogP) is 1.98. The molecule has 0 aliphatic carbocycles. The Kier molecular flexibility index (Phi) is 6.00. The molecule has 1 aliphatic heterocycles. The maximum absolute atomic E-state index is 12.2. The molecule has 0 radical (unpaired) electrons. The van der Waals surface area contributed by atoms with Gasteiger partial charge in [0.05, 0.1) is 12.7 Å². The van der Waals surface area contributed by atoms with Gasteiger partial charge in [0.1, 0.15) is 17.5 Å². The molecular weight excluding hydrogens is 310 g/mol. The number of likely N-dealkylation sites (tertiary alicyclic amines) is 1. The van der Waals surface area contributed by atoms with Gasteiger partial charge < -0.3 is 19.7 Å². The number of amides is 2. The third-order valence-corrected chi connectivity index (χ3v) is 3.44. The van der Waals surface area contributed by atoms with Gasteiger partial charge in [-0.25, -0.2) is 4.79 Å². The summed E-state index contributed by atoms with van der Waals surface area (Å²) in [5, 5.41) is 2.60. The molecule has 24 heavy (non-hydrogen) atoms. The first-order valence-electron chi connectivity index (χ1n) is 8.15. The van der Waals surface area contributed by atoms with E-state index in [0.29, 0.717) is 18.8 Å². The van der Waals surface area contributed by atoms with Crippen LogP contribution < -0.4 is 10.1 Å². The Bertz CT molecular complexity index is 557. The van der Waals surface area contributed by atoms with E-state index in [2.05, 4.69) is 10.3 Å². The topological polar surface area (TPSA) is 80.8 Å². The lowest BCUT2D eigenvalue weighted by atomic mass is 10.2. The van der Waals surface area contributed by atoms with Gasteiger partial charge >= 0.3 is 6.09 Å². The van der Waals surface area contributed by atoms with Crippen molar-refractivity contribution in [3.8, 4) is 5.75 Å². The fraction of sp³-hybridized carbons (Fsp3) is 0.588. The van der Waals surface area contributed by atoms with Gasteiger partial charge in [0.25, 0.3) is 0 Å². The van der Waals surface area contributed by atoms with Gasteiger partial charge in [-0.3, -0.25) is 9.78 Å². The number of carbonyl (C=O) groups is 2. The van der Waals surface area contributed by atoms with Gasteiger partial charge in [0, 0.05) is 32.1 Å². The molecule has 0 saturated carbocycles. The summed E-state index contributed by atoms with van der Waals surface area (Å²) in [6, 6.07) is 3.66. The van der Waals surface area contributed by atoms with Crippen LogP contribution in [0.4, 0.5) is 4.79 Å². The molecule has 1 aliphatic rings. The van der Waals surface area contributed by atoms with E-state index in [1.54, 1.807) is 38.1 Å². The maximum Gasteiger partial charge on any atom is 0.407 e. The van der Waals surface area contributed by atoms with Crippen molar-refractivity contribution in [1.82, 2.24) is 15.2 Å². The highest BCUT2D eigenvalue weighted by atomic mass is 16.6. The Morgan fingerprint density at radius 3 is 2.88 bits per heavy atom. The Hall–Kier alpha value is -2.31. The number of alkyl carbamates (subject to hydrolysis) is 1. The second-order valence-corrected chi connectivity index (χ2v) is 6.74. The van der Waals surface area contributed by atoms with E-state index in [0.717, 1.165) is 6.42 Å². The number of rotatable bonds is 5. The average molecular weight is 335 g/mol. The first-order valence-corrected chi connectivity index (χ1v) is 8.15. The molecule has 1 atom stereocenters. The van der Waals surface area contributed by atoms with Gasteiger partial charge in [0.2, 0.25) is 5.91 Å². The van der Waals surface area contributed by atoms with Crippen molar-refractivity contribution in [1.29, 1.82) is 0 Å². The molecule has 7 nitrogen and oxygen atoms in total. The molecule has 1 saturated heterocycles. The molecule has 0 bridgehead atoms. The largest absolute Gasteiger partial charge is 0.487 e. The fourth-order valence-corrected chi connectivity index (χ4v) is 2.40. The van der Waals surface area contributed by atoms with Crippen LogP contribution in [0.2, 0.25) is 0 Å². The second kappa shape index (κ2) is 7.99. The summed E-state index contributed by atoms with van der Waals surface area (Å²) in [7, 11) is 0. The van der Waals surface area contributed by atoms with Gasteiger partial charge in [-0.2, -0.15) is 0 Å². The molecule has 2 heterocycles. The number of ether oxygens (including phenoxy) is 2. The van der Waals surface area contributed by atoms with E-state index < -0.39 is 11.7 Å². The van der Waals surface area contributed by atoms with Gasteiger partial charge in [0.15, 0.2) is 0 Å². The van der Waals surface area contributed by atoms with Crippen LogP contribution >= 0.6 is 0 Å². The normalized spacial score (nSPS) is 17.5. The Morgan fingerprint density at radius 1 is 1.42 bits per heavy atom. The van der Waals surface area contributed by atoms with Crippen LogP contribution in [0.3, 0.4) is 0 Å². The molecule has 2 rings (SSSR count). The van der Waals surface area contributed by atoms with Crippen LogP contribution in [-0.2, 0) is 9.53 Å². The van der Waals surface area contributed by atoms with Crippen LogP contribution in [0, 0.1) is 0 Å². The third-order valence-electron chi connectivity index (χ3n) is 3.44. The number of carbonyl (C=O) groups excluding carboxylic acids is 2. The van der Waals surface area contributed by atoms with Crippen molar-refractivity contribution < 1.29 is 19.1 Å². The van der Waals surface area contributed by atoms with Crippen molar-refractivity contribution in [2.75, 3.05) is 19.6 Å². The van der Waals surface area contributed by atoms with Crippen molar-refractivity contribution >= 4 is 12.0 Å². The fourth-order valence-electron chi connectivity index (χ4n) is 2.40. The number of hydrogen-bond acceptors (Lipinski definition) is 5. The number of hydrogen-bond donors (Lipinski definition) is 1. The second-order valence-electron chi connectivity index (χ2n) is 6.74. The molecule has 0 aromatic carbocycles. The first kappa shape index (κ1) is 18.0. The van der Waals surface area contributed by atoms with Crippen LogP contribution in [0.1, 0.15) is 33.6 Å². The minimum absolute atomic E-state index is 0.00310. The quantitative estimate of drug-likeness (QED) is 0.890. The zero-order chi connectivity index (χ0) is 17.6. The van der Waals surface area contributed by atoms with E-state index in [-0.39, 0.29) is 25.0 Å². The highest BCUT2D eigenvalue weighted by Crippen LogP contribution is 2.17. The third kappa shape index (κ3) is 6.06. The molecule has 0 unspecified atom stereocenters. The minimum Gasteiger partial charge on any atom is -0.487 e. The molecule has 1 aromatic heterocycles. The van der Waals surface area contributed by atoms with Crippen LogP contribution in [0.15, 0.2) is 24.5 Å². The number of pyridine rings is 1. The average Bonchev–Trinajstić information content (AvgIpc) is 2.95. The highest BCUT2D eigenvalue weighted by Gasteiger charge is 2.27. The molecule has 132 valence electrons.